The summed E-state index contributed by atoms with van der Waals surface area (Å²) in [6.45, 7) is 1.24. The Kier molecular flexibility index (Phi) is 2.51. The molecule has 0 aliphatic rings. The summed E-state index contributed by atoms with van der Waals surface area (Å²) in [5.41, 5.74) is -0.780. The van der Waals surface area contributed by atoms with Crippen LogP contribution in [-0.2, 0) is 0 Å². The molecule has 0 saturated heterocycles. The zero-order valence-corrected chi connectivity index (χ0v) is 8.13. The average Bonchev–Trinajstić information content (AvgIpc) is 2.01. The van der Waals surface area contributed by atoms with E-state index in [0.717, 1.165) is 6.07 Å². The molecule has 70 valence electrons. The minimum absolute atomic E-state index is 0.0256. The molecule has 0 aromatic heterocycles. The smallest absolute Gasteiger partial charge is 0.317 e. The van der Waals surface area contributed by atoms with E-state index in [-0.39, 0.29) is 10.0 Å². The number of aromatic hydroxyl groups is 1. The van der Waals surface area contributed by atoms with Crippen LogP contribution in [0.3, 0.4) is 0 Å². The topological polar surface area (TPSA) is 63.4 Å². The summed E-state index contributed by atoms with van der Waals surface area (Å²) in [6, 6.07) is 0.984. The highest BCUT2D eigenvalue weighted by molar-refractivity contribution is 9.10. The summed E-state index contributed by atoms with van der Waals surface area (Å²) in [7, 11) is 0. The highest BCUT2D eigenvalue weighted by atomic mass is 79.9. The normalized spacial score (nSPS) is 10.1. The van der Waals surface area contributed by atoms with Crippen molar-refractivity contribution in [2.75, 3.05) is 0 Å². The van der Waals surface area contributed by atoms with Crippen LogP contribution in [0.1, 0.15) is 5.56 Å². The van der Waals surface area contributed by atoms with Crippen molar-refractivity contribution in [3.05, 3.63) is 32.0 Å². The van der Waals surface area contributed by atoms with Gasteiger partial charge < -0.3 is 5.11 Å². The highest BCUT2D eigenvalue weighted by Gasteiger charge is 2.23. The molecule has 1 rings (SSSR count). The van der Waals surface area contributed by atoms with Crippen LogP contribution >= 0.6 is 15.9 Å². The van der Waals surface area contributed by atoms with Crippen LogP contribution in [0, 0.1) is 22.9 Å². The molecule has 0 bridgehead atoms. The first-order chi connectivity index (χ1) is 5.95. The van der Waals surface area contributed by atoms with Gasteiger partial charge in [0.25, 0.3) is 0 Å². The summed E-state index contributed by atoms with van der Waals surface area (Å²) in [5.74, 6) is -1.28. The number of nitro groups is 1. The lowest BCUT2D eigenvalue weighted by atomic mass is 10.2. The van der Waals surface area contributed by atoms with E-state index in [0.29, 0.717) is 0 Å². The van der Waals surface area contributed by atoms with Gasteiger partial charge in [-0.2, -0.15) is 0 Å². The number of benzene rings is 1. The fourth-order valence-electron chi connectivity index (χ4n) is 0.915. The Labute approximate surface area is 81.3 Å². The predicted molar refractivity (Wildman–Crippen MR) is 47.2 cm³/mol. The van der Waals surface area contributed by atoms with E-state index < -0.39 is 22.2 Å². The van der Waals surface area contributed by atoms with Gasteiger partial charge in [0.2, 0.25) is 5.75 Å². The summed E-state index contributed by atoms with van der Waals surface area (Å²) >= 11 is 2.80. The molecule has 0 radical (unpaired) electrons. The first-order valence-corrected chi connectivity index (χ1v) is 4.06. The maximum Gasteiger partial charge on any atom is 0.317 e. The van der Waals surface area contributed by atoms with E-state index in [1.807, 2.05) is 0 Å². The van der Waals surface area contributed by atoms with Crippen molar-refractivity contribution in [3.63, 3.8) is 0 Å². The third-order valence-electron chi connectivity index (χ3n) is 1.60. The van der Waals surface area contributed by atoms with Crippen LogP contribution in [-0.4, -0.2) is 10.0 Å². The minimum atomic E-state index is -0.821. The molecule has 0 aliphatic carbocycles. The Morgan fingerprint density at radius 2 is 2.23 bits per heavy atom. The largest absolute Gasteiger partial charge is 0.501 e. The van der Waals surface area contributed by atoms with E-state index >= 15 is 0 Å². The van der Waals surface area contributed by atoms with Gasteiger partial charge >= 0.3 is 5.69 Å². The van der Waals surface area contributed by atoms with Gasteiger partial charge in [-0.15, -0.1) is 0 Å². The molecule has 0 fully saturated rings. The average molecular weight is 250 g/mol. The van der Waals surface area contributed by atoms with E-state index in [2.05, 4.69) is 15.9 Å². The van der Waals surface area contributed by atoms with E-state index in [4.69, 9.17) is 0 Å². The molecule has 6 heteroatoms. The molecular formula is C7H5BrFNO3. The molecule has 0 atom stereocenters. The molecule has 0 amide bonds. The van der Waals surface area contributed by atoms with Crippen molar-refractivity contribution in [1.29, 1.82) is 0 Å². The Bertz CT molecular complexity index is 354. The molecule has 0 saturated carbocycles. The summed E-state index contributed by atoms with van der Waals surface area (Å²) in [6.07, 6.45) is 0. The third-order valence-corrected chi connectivity index (χ3v) is 2.20. The van der Waals surface area contributed by atoms with Crippen LogP contribution in [0.4, 0.5) is 10.1 Å². The van der Waals surface area contributed by atoms with Crippen molar-refractivity contribution in [2.45, 2.75) is 6.92 Å². The Morgan fingerprint density at radius 1 is 1.69 bits per heavy atom. The minimum Gasteiger partial charge on any atom is -0.501 e. The monoisotopic (exact) mass is 249 g/mol. The lowest BCUT2D eigenvalue weighted by molar-refractivity contribution is -0.386. The van der Waals surface area contributed by atoms with Crippen molar-refractivity contribution < 1.29 is 14.4 Å². The van der Waals surface area contributed by atoms with Gasteiger partial charge in [-0.25, -0.2) is 4.39 Å². The lowest BCUT2D eigenvalue weighted by Gasteiger charge is -2.02. The molecule has 1 aromatic rings. The third kappa shape index (κ3) is 1.62. The van der Waals surface area contributed by atoms with E-state index in [9.17, 15) is 19.6 Å². The van der Waals surface area contributed by atoms with Crippen molar-refractivity contribution in [1.82, 2.24) is 0 Å². The van der Waals surface area contributed by atoms with Crippen LogP contribution in [0.25, 0.3) is 0 Å². The summed E-state index contributed by atoms with van der Waals surface area (Å²) in [5, 5.41) is 19.6. The molecule has 0 unspecified atom stereocenters. The zero-order chi connectivity index (χ0) is 10.2. The fourth-order valence-corrected chi connectivity index (χ4v) is 1.30. The van der Waals surface area contributed by atoms with E-state index in [1.165, 1.54) is 6.92 Å². The van der Waals surface area contributed by atoms with Crippen LogP contribution in [0.2, 0.25) is 0 Å². The van der Waals surface area contributed by atoms with Crippen molar-refractivity contribution >= 4 is 21.6 Å². The predicted octanol–water partition coefficient (Wildman–Crippen LogP) is 2.51. The summed E-state index contributed by atoms with van der Waals surface area (Å²) in [4.78, 5) is 9.58. The molecule has 0 spiro atoms. The molecule has 4 nitrogen and oxygen atoms in total. The number of hydrogen-bond donors (Lipinski definition) is 1. The SMILES string of the molecule is Cc1c(F)cc(Br)c(O)c1[N+](=O)[O-]. The van der Waals surface area contributed by atoms with Gasteiger partial charge in [-0.05, 0) is 28.9 Å². The van der Waals surface area contributed by atoms with Gasteiger partial charge in [0.05, 0.1) is 15.0 Å². The maximum absolute atomic E-state index is 12.9. The summed E-state index contributed by atoms with van der Waals surface area (Å²) < 4.78 is 12.9. The van der Waals surface area contributed by atoms with Crippen LogP contribution in [0.5, 0.6) is 5.75 Å². The standard InChI is InChI=1S/C7H5BrFNO3/c1-3-5(9)2-4(8)7(11)6(3)10(12)13/h2,11H,1H3. The van der Waals surface area contributed by atoms with Gasteiger partial charge in [0.15, 0.2) is 0 Å². The molecule has 13 heavy (non-hydrogen) atoms. The maximum atomic E-state index is 12.9. The van der Waals surface area contributed by atoms with Crippen LogP contribution in [0.15, 0.2) is 10.5 Å². The number of hydrogen-bond acceptors (Lipinski definition) is 3. The highest BCUT2D eigenvalue weighted by Crippen LogP contribution is 2.37. The second-order valence-electron chi connectivity index (χ2n) is 2.42. The van der Waals surface area contributed by atoms with Crippen molar-refractivity contribution in [3.8, 4) is 5.75 Å². The van der Waals surface area contributed by atoms with Gasteiger partial charge in [0.1, 0.15) is 5.82 Å². The number of nitrogens with zero attached hydrogens (tertiary/aromatic N) is 1. The Balaban J connectivity index is 3.56. The van der Waals surface area contributed by atoms with Crippen LogP contribution < -0.4 is 0 Å². The second kappa shape index (κ2) is 3.29. The Hall–Kier alpha value is -1.17. The number of phenolic OH excluding ortho intramolecular Hbond substituents is 1. The van der Waals surface area contributed by atoms with Gasteiger partial charge in [-0.1, -0.05) is 0 Å². The van der Waals surface area contributed by atoms with Gasteiger partial charge in [0, 0.05) is 0 Å². The molecule has 0 heterocycles. The van der Waals surface area contributed by atoms with Crippen molar-refractivity contribution in [2.24, 2.45) is 0 Å². The Morgan fingerprint density at radius 3 is 2.69 bits per heavy atom. The van der Waals surface area contributed by atoms with E-state index in [1.54, 1.807) is 0 Å². The zero-order valence-electron chi connectivity index (χ0n) is 6.54. The number of nitro benzene ring substituents is 1. The number of rotatable bonds is 1. The molecule has 1 N–H and O–H groups in total. The lowest BCUT2D eigenvalue weighted by Crippen LogP contribution is -1.95. The molecular weight excluding hydrogens is 245 g/mol. The molecule has 1 aromatic carbocycles. The number of halogens is 2. The number of phenols is 1. The first-order valence-electron chi connectivity index (χ1n) is 3.27. The quantitative estimate of drug-likeness (QED) is 0.615. The van der Waals surface area contributed by atoms with Gasteiger partial charge in [-0.3, -0.25) is 10.1 Å². The fraction of sp³-hybridized carbons (Fsp3) is 0.143. The first kappa shape index (κ1) is 9.91. The second-order valence-corrected chi connectivity index (χ2v) is 3.27. The molecule has 0 aliphatic heterocycles.